The summed E-state index contributed by atoms with van der Waals surface area (Å²) in [5.74, 6) is 0.728. The maximum absolute atomic E-state index is 13.2. The van der Waals surface area contributed by atoms with E-state index >= 15 is 0 Å². The van der Waals surface area contributed by atoms with E-state index < -0.39 is 5.60 Å². The third-order valence-electron chi connectivity index (χ3n) is 5.59. The van der Waals surface area contributed by atoms with Crippen LogP contribution in [-0.4, -0.2) is 40.1 Å². The Morgan fingerprint density at radius 2 is 1.82 bits per heavy atom. The summed E-state index contributed by atoms with van der Waals surface area (Å²) in [5.41, 5.74) is 0.384. The lowest BCUT2D eigenvalue weighted by Crippen LogP contribution is -2.44. The highest BCUT2D eigenvalue weighted by Gasteiger charge is 2.36. The molecular formula is C22H33N3O3. The number of aromatic nitrogens is 1. The van der Waals surface area contributed by atoms with Gasteiger partial charge in [-0.25, -0.2) is 9.78 Å². The van der Waals surface area contributed by atoms with Gasteiger partial charge in [0, 0.05) is 31.3 Å². The van der Waals surface area contributed by atoms with Crippen molar-refractivity contribution in [1.82, 2.24) is 9.88 Å². The predicted octanol–water partition coefficient (Wildman–Crippen LogP) is 4.84. The Bertz CT molecular complexity index is 707. The van der Waals surface area contributed by atoms with Crippen LogP contribution in [0.1, 0.15) is 84.2 Å². The quantitative estimate of drug-likeness (QED) is 0.744. The molecule has 2 aliphatic rings. The summed E-state index contributed by atoms with van der Waals surface area (Å²) in [4.78, 5) is 33.7. The van der Waals surface area contributed by atoms with Crippen LogP contribution < -0.4 is 4.90 Å². The number of pyridine rings is 1. The molecule has 1 saturated carbocycles. The Balaban J connectivity index is 2.01. The molecule has 2 fully saturated rings. The van der Waals surface area contributed by atoms with Gasteiger partial charge in [0.25, 0.3) is 0 Å². The molecule has 1 aromatic rings. The molecule has 0 N–H and O–H groups in total. The van der Waals surface area contributed by atoms with Gasteiger partial charge in [-0.15, -0.1) is 0 Å². The number of likely N-dealkylation sites (tertiary alicyclic amines) is 1. The topological polar surface area (TPSA) is 62.7 Å². The van der Waals surface area contributed by atoms with Crippen LogP contribution in [0.25, 0.3) is 0 Å². The Morgan fingerprint density at radius 1 is 1.14 bits per heavy atom. The average Bonchev–Trinajstić information content (AvgIpc) is 3.15. The highest BCUT2D eigenvalue weighted by Crippen LogP contribution is 2.38. The molecule has 1 atom stereocenters. The third-order valence-corrected chi connectivity index (χ3v) is 5.59. The molecule has 0 unspecified atom stereocenters. The maximum atomic E-state index is 13.2. The van der Waals surface area contributed by atoms with Gasteiger partial charge < -0.3 is 9.64 Å². The van der Waals surface area contributed by atoms with Crippen molar-refractivity contribution in [3.05, 3.63) is 23.9 Å². The number of hydrogen-bond acceptors (Lipinski definition) is 4. The molecule has 1 aliphatic heterocycles. The molecule has 0 spiro atoms. The van der Waals surface area contributed by atoms with Crippen LogP contribution in [0.2, 0.25) is 0 Å². The predicted molar refractivity (Wildman–Crippen MR) is 109 cm³/mol. The smallest absolute Gasteiger partial charge is 0.416 e. The molecule has 0 bridgehead atoms. The zero-order chi connectivity index (χ0) is 20.3. The lowest BCUT2D eigenvalue weighted by molar-refractivity contribution is -0.132. The van der Waals surface area contributed by atoms with Gasteiger partial charge in [-0.2, -0.15) is 0 Å². The van der Waals surface area contributed by atoms with E-state index in [1.165, 1.54) is 0 Å². The second kappa shape index (κ2) is 8.50. The molecule has 154 valence electrons. The van der Waals surface area contributed by atoms with Crippen LogP contribution in [0, 0.1) is 0 Å². The Morgan fingerprint density at radius 3 is 2.46 bits per heavy atom. The van der Waals surface area contributed by atoms with Crippen molar-refractivity contribution in [2.45, 2.75) is 90.3 Å². The minimum absolute atomic E-state index is 0.0405. The van der Waals surface area contributed by atoms with E-state index in [4.69, 9.17) is 4.74 Å². The van der Waals surface area contributed by atoms with E-state index in [0.717, 1.165) is 57.1 Å². The number of rotatable bonds is 3. The first-order valence-corrected chi connectivity index (χ1v) is 10.5. The Labute approximate surface area is 168 Å². The van der Waals surface area contributed by atoms with Crippen LogP contribution in [0.5, 0.6) is 0 Å². The molecule has 1 aromatic heterocycles. The van der Waals surface area contributed by atoms with E-state index in [1.54, 1.807) is 18.0 Å². The Hall–Kier alpha value is -2.11. The summed E-state index contributed by atoms with van der Waals surface area (Å²) in [5, 5.41) is 0. The molecule has 1 aliphatic carbocycles. The van der Waals surface area contributed by atoms with Gasteiger partial charge in [0.15, 0.2) is 0 Å². The highest BCUT2D eigenvalue weighted by molar-refractivity contribution is 5.88. The lowest BCUT2D eigenvalue weighted by Gasteiger charge is -2.38. The molecule has 0 radical (unpaired) electrons. The molecule has 0 aromatic carbocycles. The monoisotopic (exact) mass is 387 g/mol. The minimum Gasteiger partial charge on any atom is -0.443 e. The summed E-state index contributed by atoms with van der Waals surface area (Å²) in [7, 11) is 0. The van der Waals surface area contributed by atoms with Gasteiger partial charge in [-0.3, -0.25) is 9.69 Å². The van der Waals surface area contributed by atoms with E-state index in [-0.39, 0.29) is 24.1 Å². The van der Waals surface area contributed by atoms with Crippen LogP contribution in [0.15, 0.2) is 18.3 Å². The number of anilines is 1. The minimum atomic E-state index is -0.570. The third kappa shape index (κ3) is 4.65. The zero-order valence-electron chi connectivity index (χ0n) is 17.6. The Kier molecular flexibility index (Phi) is 6.26. The first-order valence-electron chi connectivity index (χ1n) is 10.5. The molecule has 3 rings (SSSR count). The number of carbonyl (C=O) groups is 2. The number of nitrogens with zero attached hydrogens (tertiary/aromatic N) is 3. The van der Waals surface area contributed by atoms with Crippen LogP contribution in [0.3, 0.4) is 0 Å². The fourth-order valence-corrected chi connectivity index (χ4v) is 4.38. The number of carbonyl (C=O) groups excluding carboxylic acids is 2. The molecule has 1 saturated heterocycles. The summed E-state index contributed by atoms with van der Waals surface area (Å²) >= 11 is 0. The van der Waals surface area contributed by atoms with Gasteiger partial charge in [-0.05, 0) is 58.9 Å². The van der Waals surface area contributed by atoms with Crippen LogP contribution >= 0.6 is 0 Å². The average molecular weight is 388 g/mol. The number of amides is 2. The molecular weight excluding hydrogens is 354 g/mol. The number of hydrogen-bond donors (Lipinski definition) is 0. The largest absolute Gasteiger partial charge is 0.443 e. The first kappa shape index (κ1) is 20.6. The number of ether oxygens (including phenoxy) is 1. The van der Waals surface area contributed by atoms with Gasteiger partial charge in [0.1, 0.15) is 11.4 Å². The van der Waals surface area contributed by atoms with Crippen molar-refractivity contribution >= 4 is 17.8 Å². The highest BCUT2D eigenvalue weighted by atomic mass is 16.6. The van der Waals surface area contributed by atoms with Crippen LogP contribution in [-0.2, 0) is 9.53 Å². The first-order chi connectivity index (χ1) is 13.3. The number of piperidine rings is 1. The van der Waals surface area contributed by atoms with Gasteiger partial charge in [-0.1, -0.05) is 18.9 Å². The van der Waals surface area contributed by atoms with E-state index in [9.17, 15) is 9.59 Å². The van der Waals surface area contributed by atoms with Gasteiger partial charge in [0.05, 0.1) is 6.04 Å². The van der Waals surface area contributed by atoms with Crippen molar-refractivity contribution in [1.29, 1.82) is 0 Å². The summed E-state index contributed by atoms with van der Waals surface area (Å²) in [6.07, 6.45) is 8.49. The molecule has 28 heavy (non-hydrogen) atoms. The van der Waals surface area contributed by atoms with Gasteiger partial charge >= 0.3 is 6.09 Å². The summed E-state index contributed by atoms with van der Waals surface area (Å²) < 4.78 is 5.75. The fourth-order valence-electron chi connectivity index (χ4n) is 4.38. The van der Waals surface area contributed by atoms with Crippen molar-refractivity contribution in [2.75, 3.05) is 11.4 Å². The van der Waals surface area contributed by atoms with Crippen molar-refractivity contribution in [3.8, 4) is 0 Å². The van der Waals surface area contributed by atoms with E-state index in [2.05, 4.69) is 4.98 Å². The normalized spacial score (nSPS) is 20.9. The molecule has 6 heteroatoms. The van der Waals surface area contributed by atoms with E-state index in [1.807, 2.05) is 37.8 Å². The second-order valence-corrected chi connectivity index (χ2v) is 8.93. The lowest BCUT2D eigenvalue weighted by atomic mass is 9.95. The molecule has 2 amide bonds. The van der Waals surface area contributed by atoms with E-state index in [0.29, 0.717) is 5.82 Å². The zero-order valence-corrected chi connectivity index (χ0v) is 17.6. The summed E-state index contributed by atoms with van der Waals surface area (Å²) in [6.45, 7) is 8.03. The second-order valence-electron chi connectivity index (χ2n) is 8.93. The molecule has 2 heterocycles. The van der Waals surface area contributed by atoms with Crippen molar-refractivity contribution in [3.63, 3.8) is 0 Å². The van der Waals surface area contributed by atoms with Gasteiger partial charge in [0.2, 0.25) is 5.91 Å². The summed E-state index contributed by atoms with van der Waals surface area (Å²) in [6, 6.07) is 3.97. The standard InChI is InChI=1S/C22H33N3O3/c1-16(26)24-15-8-7-13-19(24)18-12-9-14-23-20(18)25(17-10-5-6-11-17)21(27)28-22(2,3)4/h9,12,14,17,19H,5-8,10-11,13,15H2,1-4H3/t19-/m1/s1. The maximum Gasteiger partial charge on any atom is 0.416 e. The SMILES string of the molecule is CC(=O)N1CCCC[C@@H]1c1cccnc1N(C(=O)OC(C)(C)C)C1CCCC1. The fraction of sp³-hybridized carbons (Fsp3) is 0.682. The molecule has 6 nitrogen and oxygen atoms in total. The van der Waals surface area contributed by atoms with Crippen molar-refractivity contribution in [2.24, 2.45) is 0 Å². The van der Waals surface area contributed by atoms with Crippen molar-refractivity contribution < 1.29 is 14.3 Å². The van der Waals surface area contributed by atoms with Crippen LogP contribution in [0.4, 0.5) is 10.6 Å².